The molecule has 1 N–H and O–H groups in total. The molecule has 1 aromatic rings. The summed E-state index contributed by atoms with van der Waals surface area (Å²) in [7, 11) is 0. The third-order valence-corrected chi connectivity index (χ3v) is 3.95. The van der Waals surface area contributed by atoms with Gasteiger partial charge in [0.05, 0.1) is 12.8 Å². The first-order valence-electron chi connectivity index (χ1n) is 7.34. The molecule has 1 aromatic heterocycles. The van der Waals surface area contributed by atoms with E-state index in [2.05, 4.69) is 23.2 Å². The summed E-state index contributed by atoms with van der Waals surface area (Å²) in [6.45, 7) is 7.92. The second-order valence-corrected chi connectivity index (χ2v) is 5.28. The van der Waals surface area contributed by atoms with E-state index < -0.39 is 0 Å². The number of nitrogens with zero attached hydrogens (tertiary/aromatic N) is 1. The highest BCUT2D eigenvalue weighted by Gasteiger charge is 2.13. The highest BCUT2D eigenvalue weighted by molar-refractivity contribution is 4.97. The Morgan fingerprint density at radius 3 is 2.89 bits per heavy atom. The summed E-state index contributed by atoms with van der Waals surface area (Å²) in [5, 5.41) is 3.43. The van der Waals surface area contributed by atoms with E-state index >= 15 is 0 Å². The zero-order chi connectivity index (χ0) is 12.6. The molecule has 0 radical (unpaired) electrons. The van der Waals surface area contributed by atoms with Gasteiger partial charge in [-0.3, -0.25) is 4.90 Å². The summed E-state index contributed by atoms with van der Waals surface area (Å²) in [5.41, 5.74) is 0. The molecule has 0 atom stereocenters. The number of hydrogen-bond acceptors (Lipinski definition) is 3. The molecule has 0 amide bonds. The van der Waals surface area contributed by atoms with Crippen molar-refractivity contribution in [3.63, 3.8) is 0 Å². The molecule has 1 aliphatic rings. The van der Waals surface area contributed by atoms with Gasteiger partial charge in [0.25, 0.3) is 0 Å². The van der Waals surface area contributed by atoms with Crippen LogP contribution in [0.5, 0.6) is 0 Å². The molecule has 0 bridgehead atoms. The predicted octanol–water partition coefficient (Wildman–Crippen LogP) is 2.88. The molecule has 2 rings (SSSR count). The lowest BCUT2D eigenvalue weighted by Crippen LogP contribution is -2.29. The van der Waals surface area contributed by atoms with E-state index in [4.69, 9.17) is 4.42 Å². The number of furan rings is 1. The summed E-state index contributed by atoms with van der Waals surface area (Å²) in [6.07, 6.45) is 7.20. The van der Waals surface area contributed by atoms with Crippen LogP contribution < -0.4 is 5.32 Å². The normalized spacial score (nSPS) is 17.4. The van der Waals surface area contributed by atoms with Crippen LogP contribution in [0.25, 0.3) is 0 Å². The second-order valence-electron chi connectivity index (χ2n) is 5.28. The van der Waals surface area contributed by atoms with Gasteiger partial charge in [0.2, 0.25) is 0 Å². The van der Waals surface area contributed by atoms with E-state index in [9.17, 15) is 0 Å². The van der Waals surface area contributed by atoms with Crippen molar-refractivity contribution in [3.8, 4) is 0 Å². The molecule has 0 saturated carbocycles. The van der Waals surface area contributed by atoms with E-state index in [0.29, 0.717) is 0 Å². The maximum Gasteiger partial charge on any atom is 0.117 e. The minimum absolute atomic E-state index is 0.952. The maximum absolute atomic E-state index is 5.41. The van der Waals surface area contributed by atoms with Crippen LogP contribution >= 0.6 is 0 Å². The Hall–Kier alpha value is -0.800. The van der Waals surface area contributed by atoms with Crippen molar-refractivity contribution in [2.75, 3.05) is 26.2 Å². The highest BCUT2D eigenvalue weighted by atomic mass is 16.3. The zero-order valence-electron chi connectivity index (χ0n) is 11.5. The van der Waals surface area contributed by atoms with Crippen LogP contribution in [0.4, 0.5) is 0 Å². The molecule has 0 spiro atoms. The van der Waals surface area contributed by atoms with Crippen LogP contribution in [0.15, 0.2) is 22.8 Å². The lowest BCUT2D eigenvalue weighted by atomic mass is 9.93. The van der Waals surface area contributed by atoms with Crippen LogP contribution in [0.2, 0.25) is 0 Å². The summed E-state index contributed by atoms with van der Waals surface area (Å²) < 4.78 is 5.41. The molecule has 18 heavy (non-hydrogen) atoms. The molecule has 0 unspecified atom stereocenters. The Kier molecular flexibility index (Phi) is 5.75. The van der Waals surface area contributed by atoms with Gasteiger partial charge >= 0.3 is 0 Å². The predicted molar refractivity (Wildman–Crippen MR) is 74.5 cm³/mol. The minimum Gasteiger partial charge on any atom is -0.468 e. The van der Waals surface area contributed by atoms with E-state index in [1.165, 1.54) is 45.3 Å². The number of nitrogens with one attached hydrogen (secondary N) is 1. The van der Waals surface area contributed by atoms with Gasteiger partial charge in [-0.15, -0.1) is 0 Å². The summed E-state index contributed by atoms with van der Waals surface area (Å²) in [5.74, 6) is 2.03. The van der Waals surface area contributed by atoms with Crippen LogP contribution in [0.3, 0.4) is 0 Å². The van der Waals surface area contributed by atoms with Crippen molar-refractivity contribution in [2.45, 2.75) is 39.2 Å². The molecular weight excluding hydrogens is 224 g/mol. The van der Waals surface area contributed by atoms with Crippen molar-refractivity contribution in [2.24, 2.45) is 5.92 Å². The standard InChI is InChI=1S/C15H26N2O/c1-2-17(13-15-6-4-12-18-15)11-3-5-14-7-9-16-10-8-14/h4,6,12,14,16H,2-3,5,7-11,13H2,1H3. The first kappa shape index (κ1) is 13.6. The van der Waals surface area contributed by atoms with Gasteiger partial charge < -0.3 is 9.73 Å². The Morgan fingerprint density at radius 2 is 2.22 bits per heavy atom. The first-order valence-corrected chi connectivity index (χ1v) is 7.34. The van der Waals surface area contributed by atoms with Gasteiger partial charge in [0.15, 0.2) is 0 Å². The first-order chi connectivity index (χ1) is 8.88. The van der Waals surface area contributed by atoms with Crippen molar-refractivity contribution in [1.29, 1.82) is 0 Å². The summed E-state index contributed by atoms with van der Waals surface area (Å²) in [4.78, 5) is 2.47. The second kappa shape index (κ2) is 7.59. The Bertz CT molecular complexity index is 304. The molecular formula is C15H26N2O. The van der Waals surface area contributed by atoms with Crippen LogP contribution in [-0.2, 0) is 6.54 Å². The molecule has 1 fully saturated rings. The van der Waals surface area contributed by atoms with E-state index in [1.807, 2.05) is 6.07 Å². The van der Waals surface area contributed by atoms with Gasteiger partial charge in [0, 0.05) is 0 Å². The Labute approximate surface area is 111 Å². The van der Waals surface area contributed by atoms with Crippen LogP contribution in [0, 0.1) is 5.92 Å². The molecule has 1 saturated heterocycles. The fourth-order valence-electron chi connectivity index (χ4n) is 2.75. The molecule has 0 aliphatic carbocycles. The molecule has 0 aromatic carbocycles. The van der Waals surface area contributed by atoms with E-state index in [1.54, 1.807) is 6.26 Å². The van der Waals surface area contributed by atoms with Crippen molar-refractivity contribution >= 4 is 0 Å². The van der Waals surface area contributed by atoms with Crippen LogP contribution in [-0.4, -0.2) is 31.1 Å². The SMILES string of the molecule is CCN(CCCC1CCNCC1)Cc1ccco1. The summed E-state index contributed by atoms with van der Waals surface area (Å²) in [6, 6.07) is 4.04. The topological polar surface area (TPSA) is 28.4 Å². The van der Waals surface area contributed by atoms with Crippen molar-refractivity contribution < 1.29 is 4.42 Å². The molecule has 1 aliphatic heterocycles. The van der Waals surface area contributed by atoms with Crippen molar-refractivity contribution in [3.05, 3.63) is 24.2 Å². The van der Waals surface area contributed by atoms with Gasteiger partial charge in [-0.25, -0.2) is 0 Å². The fourth-order valence-corrected chi connectivity index (χ4v) is 2.75. The molecule has 2 heterocycles. The largest absolute Gasteiger partial charge is 0.468 e. The minimum atomic E-state index is 0.952. The van der Waals surface area contributed by atoms with Gasteiger partial charge in [-0.1, -0.05) is 6.92 Å². The van der Waals surface area contributed by atoms with Crippen molar-refractivity contribution in [1.82, 2.24) is 10.2 Å². The fraction of sp³-hybridized carbons (Fsp3) is 0.733. The number of piperidine rings is 1. The smallest absolute Gasteiger partial charge is 0.117 e. The highest BCUT2D eigenvalue weighted by Crippen LogP contribution is 2.18. The van der Waals surface area contributed by atoms with Gasteiger partial charge in [0.1, 0.15) is 5.76 Å². The third kappa shape index (κ3) is 4.46. The summed E-state index contributed by atoms with van der Waals surface area (Å²) >= 11 is 0. The molecule has 3 heteroatoms. The zero-order valence-corrected chi connectivity index (χ0v) is 11.5. The lowest BCUT2D eigenvalue weighted by Gasteiger charge is -2.24. The van der Waals surface area contributed by atoms with E-state index in [-0.39, 0.29) is 0 Å². The number of hydrogen-bond donors (Lipinski definition) is 1. The Balaban J connectivity index is 1.64. The average Bonchev–Trinajstić information content (AvgIpc) is 2.92. The maximum atomic E-state index is 5.41. The van der Waals surface area contributed by atoms with Crippen LogP contribution in [0.1, 0.15) is 38.4 Å². The van der Waals surface area contributed by atoms with E-state index in [0.717, 1.165) is 24.8 Å². The van der Waals surface area contributed by atoms with Gasteiger partial charge in [-0.05, 0) is 69.9 Å². The quantitative estimate of drug-likeness (QED) is 0.806. The van der Waals surface area contributed by atoms with Gasteiger partial charge in [-0.2, -0.15) is 0 Å². The molecule has 3 nitrogen and oxygen atoms in total. The Morgan fingerprint density at radius 1 is 1.39 bits per heavy atom. The average molecular weight is 250 g/mol. The molecule has 102 valence electrons. The monoisotopic (exact) mass is 250 g/mol. The third-order valence-electron chi connectivity index (χ3n) is 3.95. The lowest BCUT2D eigenvalue weighted by molar-refractivity contribution is 0.238. The number of rotatable bonds is 7.